The molecule has 1 aromatic heterocycles. The number of halogens is 2. The molecule has 118 valence electrons. The minimum atomic E-state index is -3.94. The first kappa shape index (κ1) is 16.7. The van der Waals surface area contributed by atoms with Crippen molar-refractivity contribution in [3.63, 3.8) is 0 Å². The SMILES string of the molecule is COc1cc(S(=O)(=O)Nc2ccc(Cl)cn2)c(OC)cc1Cl. The Morgan fingerprint density at radius 1 is 1.09 bits per heavy atom. The first-order valence-electron chi connectivity index (χ1n) is 5.93. The van der Waals surface area contributed by atoms with Crippen LogP contribution in [0.3, 0.4) is 0 Å². The summed E-state index contributed by atoms with van der Waals surface area (Å²) in [6.07, 6.45) is 1.33. The van der Waals surface area contributed by atoms with Crippen LogP contribution in [0.1, 0.15) is 0 Å². The van der Waals surface area contributed by atoms with Crippen LogP contribution in [0.4, 0.5) is 5.82 Å². The molecule has 0 aliphatic rings. The maximum atomic E-state index is 12.5. The van der Waals surface area contributed by atoms with Crippen LogP contribution in [0.25, 0.3) is 0 Å². The Hall–Kier alpha value is -1.70. The number of hydrogen-bond acceptors (Lipinski definition) is 5. The number of hydrogen-bond donors (Lipinski definition) is 1. The number of rotatable bonds is 5. The number of benzene rings is 1. The second-order valence-electron chi connectivity index (χ2n) is 4.10. The van der Waals surface area contributed by atoms with Gasteiger partial charge < -0.3 is 9.47 Å². The number of ether oxygens (including phenoxy) is 2. The largest absolute Gasteiger partial charge is 0.495 e. The molecule has 0 fully saturated rings. The lowest BCUT2D eigenvalue weighted by atomic mass is 10.3. The molecule has 22 heavy (non-hydrogen) atoms. The number of methoxy groups -OCH3 is 2. The minimum Gasteiger partial charge on any atom is -0.495 e. The topological polar surface area (TPSA) is 77.5 Å². The van der Waals surface area contributed by atoms with Crippen molar-refractivity contribution in [2.45, 2.75) is 4.90 Å². The van der Waals surface area contributed by atoms with Gasteiger partial charge in [0.05, 0.1) is 24.3 Å². The molecule has 0 radical (unpaired) electrons. The van der Waals surface area contributed by atoms with Gasteiger partial charge in [-0.05, 0) is 12.1 Å². The fourth-order valence-corrected chi connectivity index (χ4v) is 3.19. The molecule has 0 aliphatic carbocycles. The maximum Gasteiger partial charge on any atom is 0.266 e. The summed E-state index contributed by atoms with van der Waals surface area (Å²) in [5.74, 6) is 0.430. The van der Waals surface area contributed by atoms with Gasteiger partial charge in [-0.25, -0.2) is 13.4 Å². The van der Waals surface area contributed by atoms with E-state index in [2.05, 4.69) is 9.71 Å². The Bertz CT molecular complexity index is 779. The van der Waals surface area contributed by atoms with Gasteiger partial charge in [-0.1, -0.05) is 23.2 Å². The number of anilines is 1. The average molecular weight is 363 g/mol. The summed E-state index contributed by atoms with van der Waals surface area (Å²) < 4.78 is 37.4. The van der Waals surface area contributed by atoms with Crippen molar-refractivity contribution < 1.29 is 17.9 Å². The van der Waals surface area contributed by atoms with E-state index >= 15 is 0 Å². The molecule has 0 unspecified atom stereocenters. The first-order valence-corrected chi connectivity index (χ1v) is 8.17. The van der Waals surface area contributed by atoms with E-state index in [1.807, 2.05) is 0 Å². The second-order valence-corrected chi connectivity index (χ2v) is 6.60. The normalized spacial score (nSPS) is 11.1. The summed E-state index contributed by atoms with van der Waals surface area (Å²) in [6.45, 7) is 0. The molecule has 0 spiro atoms. The van der Waals surface area contributed by atoms with Gasteiger partial charge in [0.1, 0.15) is 22.2 Å². The predicted molar refractivity (Wildman–Crippen MR) is 84.6 cm³/mol. The molecule has 1 aromatic carbocycles. The second kappa shape index (κ2) is 6.60. The Morgan fingerprint density at radius 2 is 1.77 bits per heavy atom. The van der Waals surface area contributed by atoms with Gasteiger partial charge in [0.2, 0.25) is 0 Å². The summed E-state index contributed by atoms with van der Waals surface area (Å²) in [6, 6.07) is 5.61. The Labute approximate surface area is 138 Å². The maximum absolute atomic E-state index is 12.5. The zero-order valence-electron chi connectivity index (χ0n) is 11.6. The summed E-state index contributed by atoms with van der Waals surface area (Å²) in [7, 11) is -1.21. The van der Waals surface area contributed by atoms with Crippen LogP contribution in [0, 0.1) is 0 Å². The molecule has 2 aromatic rings. The van der Waals surface area contributed by atoms with E-state index < -0.39 is 10.0 Å². The molecular formula is C13H12Cl2N2O4S. The molecule has 2 rings (SSSR count). The van der Waals surface area contributed by atoms with Crippen molar-refractivity contribution >= 4 is 39.0 Å². The van der Waals surface area contributed by atoms with E-state index in [4.69, 9.17) is 32.7 Å². The van der Waals surface area contributed by atoms with Crippen molar-refractivity contribution in [1.82, 2.24) is 4.98 Å². The van der Waals surface area contributed by atoms with Crippen molar-refractivity contribution in [2.75, 3.05) is 18.9 Å². The third kappa shape index (κ3) is 3.55. The van der Waals surface area contributed by atoms with Crippen molar-refractivity contribution in [3.8, 4) is 11.5 Å². The number of pyridine rings is 1. The monoisotopic (exact) mass is 362 g/mol. The van der Waals surface area contributed by atoms with Crippen LogP contribution in [-0.4, -0.2) is 27.6 Å². The summed E-state index contributed by atoms with van der Waals surface area (Å²) in [4.78, 5) is 3.77. The van der Waals surface area contributed by atoms with Gasteiger partial charge in [0.25, 0.3) is 10.0 Å². The van der Waals surface area contributed by atoms with E-state index in [-0.39, 0.29) is 27.2 Å². The fourth-order valence-electron chi connectivity index (χ4n) is 1.67. The van der Waals surface area contributed by atoms with Gasteiger partial charge in [0, 0.05) is 18.3 Å². The average Bonchev–Trinajstić information content (AvgIpc) is 2.48. The number of nitrogens with one attached hydrogen (secondary N) is 1. The molecule has 0 saturated heterocycles. The molecular weight excluding hydrogens is 351 g/mol. The fraction of sp³-hybridized carbons (Fsp3) is 0.154. The highest BCUT2D eigenvalue weighted by atomic mass is 35.5. The standard InChI is InChI=1S/C13H12Cl2N2O4S/c1-20-10-6-12(11(21-2)5-9(10)15)22(18,19)17-13-4-3-8(14)7-16-13/h3-7H,1-2H3,(H,16,17). The van der Waals surface area contributed by atoms with Crippen LogP contribution >= 0.6 is 23.2 Å². The van der Waals surface area contributed by atoms with Crippen LogP contribution in [-0.2, 0) is 10.0 Å². The van der Waals surface area contributed by atoms with Crippen LogP contribution in [0.15, 0.2) is 35.4 Å². The Balaban J connectivity index is 2.46. The molecule has 1 heterocycles. The quantitative estimate of drug-likeness (QED) is 0.883. The van der Waals surface area contributed by atoms with Crippen molar-refractivity contribution in [1.29, 1.82) is 0 Å². The smallest absolute Gasteiger partial charge is 0.266 e. The van der Waals surface area contributed by atoms with Crippen LogP contribution < -0.4 is 14.2 Å². The van der Waals surface area contributed by atoms with Gasteiger partial charge in [-0.3, -0.25) is 4.72 Å². The van der Waals surface area contributed by atoms with E-state index in [9.17, 15) is 8.42 Å². The van der Waals surface area contributed by atoms with Gasteiger partial charge in [0.15, 0.2) is 0 Å². The number of aromatic nitrogens is 1. The summed E-state index contributed by atoms with van der Waals surface area (Å²) >= 11 is 11.7. The highest BCUT2D eigenvalue weighted by molar-refractivity contribution is 7.92. The molecule has 6 nitrogen and oxygen atoms in total. The zero-order chi connectivity index (χ0) is 16.3. The number of nitrogens with zero attached hydrogens (tertiary/aromatic N) is 1. The van der Waals surface area contributed by atoms with E-state index in [1.54, 1.807) is 0 Å². The van der Waals surface area contributed by atoms with Crippen LogP contribution in [0.5, 0.6) is 11.5 Å². The Kier molecular flexibility index (Phi) is 5.00. The van der Waals surface area contributed by atoms with Gasteiger partial charge in [-0.2, -0.15) is 0 Å². The van der Waals surface area contributed by atoms with Crippen molar-refractivity contribution in [2.24, 2.45) is 0 Å². The summed E-state index contributed by atoms with van der Waals surface area (Å²) in [5.41, 5.74) is 0. The van der Waals surface area contributed by atoms with Crippen molar-refractivity contribution in [3.05, 3.63) is 40.5 Å². The molecule has 0 bridgehead atoms. The lowest BCUT2D eigenvalue weighted by Crippen LogP contribution is -2.15. The Morgan fingerprint density at radius 3 is 2.32 bits per heavy atom. The van der Waals surface area contributed by atoms with Gasteiger partial charge in [-0.15, -0.1) is 0 Å². The van der Waals surface area contributed by atoms with E-state index in [0.717, 1.165) is 0 Å². The predicted octanol–water partition coefficient (Wildman–Crippen LogP) is 3.21. The summed E-state index contributed by atoms with van der Waals surface area (Å²) in [5, 5.41) is 0.636. The highest BCUT2D eigenvalue weighted by Gasteiger charge is 2.23. The molecule has 0 aliphatic heterocycles. The van der Waals surface area contributed by atoms with Crippen LogP contribution in [0.2, 0.25) is 10.0 Å². The third-order valence-corrected chi connectivity index (χ3v) is 4.59. The van der Waals surface area contributed by atoms with E-state index in [0.29, 0.717) is 5.02 Å². The molecule has 1 N–H and O–H groups in total. The van der Waals surface area contributed by atoms with Gasteiger partial charge >= 0.3 is 0 Å². The third-order valence-electron chi connectivity index (χ3n) is 2.69. The molecule has 0 saturated carbocycles. The van der Waals surface area contributed by atoms with E-state index in [1.165, 1.54) is 44.7 Å². The molecule has 0 amide bonds. The lowest BCUT2D eigenvalue weighted by Gasteiger charge is -2.13. The number of sulfonamides is 1. The molecule has 9 heteroatoms. The lowest BCUT2D eigenvalue weighted by molar-refractivity contribution is 0.392. The minimum absolute atomic E-state index is 0.0901. The zero-order valence-corrected chi connectivity index (χ0v) is 14.0. The first-order chi connectivity index (χ1) is 10.4. The highest BCUT2D eigenvalue weighted by Crippen LogP contribution is 2.35. The molecule has 0 atom stereocenters.